The predicted molar refractivity (Wildman–Crippen MR) is 52.6 cm³/mol. The van der Waals surface area contributed by atoms with Crippen LogP contribution in [0.15, 0.2) is 36.7 Å². The minimum absolute atomic E-state index is 0.0208. The molecule has 82 valence electrons. The zero-order chi connectivity index (χ0) is 11.7. The molecule has 0 atom stereocenters. The van der Waals surface area contributed by atoms with Crippen LogP contribution < -0.4 is 0 Å². The van der Waals surface area contributed by atoms with E-state index >= 15 is 0 Å². The maximum absolute atomic E-state index is 13.5. The summed E-state index contributed by atoms with van der Waals surface area (Å²) >= 11 is 0. The molecule has 0 amide bonds. The maximum atomic E-state index is 13.5. The summed E-state index contributed by atoms with van der Waals surface area (Å²) in [6.07, 6.45) is 3.08. The van der Waals surface area contributed by atoms with Gasteiger partial charge in [-0.25, -0.2) is 13.6 Å². The molecule has 0 fully saturated rings. The van der Waals surface area contributed by atoms with Crippen molar-refractivity contribution >= 4 is 5.97 Å². The van der Waals surface area contributed by atoms with Gasteiger partial charge >= 0.3 is 5.97 Å². The van der Waals surface area contributed by atoms with Gasteiger partial charge < -0.3 is 9.67 Å². The van der Waals surface area contributed by atoms with Crippen molar-refractivity contribution in [1.29, 1.82) is 0 Å². The number of carbonyl (C=O) groups is 1. The molecule has 0 aliphatic carbocycles. The van der Waals surface area contributed by atoms with E-state index in [1.165, 1.54) is 17.0 Å². The molecule has 2 rings (SSSR count). The van der Waals surface area contributed by atoms with Gasteiger partial charge in [-0.1, -0.05) is 0 Å². The van der Waals surface area contributed by atoms with Crippen molar-refractivity contribution in [3.63, 3.8) is 0 Å². The summed E-state index contributed by atoms with van der Waals surface area (Å²) in [5.74, 6) is -3.23. The standard InChI is InChI=1S/C11H7F2NO2/c12-8-6-10(14-3-1-2-4-14)9(13)5-7(8)11(15)16/h1-6H,(H,15,16). The van der Waals surface area contributed by atoms with Crippen LogP contribution in [-0.4, -0.2) is 15.6 Å². The molecular weight excluding hydrogens is 216 g/mol. The zero-order valence-corrected chi connectivity index (χ0v) is 8.02. The van der Waals surface area contributed by atoms with Crippen LogP contribution in [0, 0.1) is 11.6 Å². The van der Waals surface area contributed by atoms with Crippen molar-refractivity contribution < 1.29 is 18.7 Å². The molecule has 0 radical (unpaired) electrons. The second kappa shape index (κ2) is 3.77. The second-order valence-electron chi connectivity index (χ2n) is 3.18. The van der Waals surface area contributed by atoms with Gasteiger partial charge in [-0.15, -0.1) is 0 Å². The fraction of sp³-hybridized carbons (Fsp3) is 0. The SMILES string of the molecule is O=C(O)c1cc(F)c(-n2cccc2)cc1F. The highest BCUT2D eigenvalue weighted by Crippen LogP contribution is 2.18. The summed E-state index contributed by atoms with van der Waals surface area (Å²) in [6, 6.07) is 4.84. The number of carboxylic acid groups (broad SMARTS) is 1. The Morgan fingerprint density at radius 1 is 1.12 bits per heavy atom. The van der Waals surface area contributed by atoms with Gasteiger partial charge in [0, 0.05) is 18.5 Å². The molecule has 1 N–H and O–H groups in total. The first-order chi connectivity index (χ1) is 7.59. The predicted octanol–water partition coefficient (Wildman–Crippen LogP) is 2.45. The van der Waals surface area contributed by atoms with Crippen molar-refractivity contribution in [2.45, 2.75) is 0 Å². The average molecular weight is 223 g/mol. The van der Waals surface area contributed by atoms with Crippen LogP contribution >= 0.6 is 0 Å². The van der Waals surface area contributed by atoms with Crippen molar-refractivity contribution in [1.82, 2.24) is 4.57 Å². The summed E-state index contributed by atoms with van der Waals surface area (Å²) in [5.41, 5.74) is -0.694. The van der Waals surface area contributed by atoms with E-state index < -0.39 is 23.2 Å². The van der Waals surface area contributed by atoms with Crippen LogP contribution in [0.2, 0.25) is 0 Å². The molecule has 1 aromatic carbocycles. The van der Waals surface area contributed by atoms with Gasteiger partial charge in [-0.05, 0) is 18.2 Å². The lowest BCUT2D eigenvalue weighted by atomic mass is 10.2. The molecule has 0 saturated heterocycles. The van der Waals surface area contributed by atoms with Gasteiger partial charge in [0.25, 0.3) is 0 Å². The molecule has 0 aliphatic heterocycles. The Morgan fingerprint density at radius 3 is 2.31 bits per heavy atom. The quantitative estimate of drug-likeness (QED) is 0.849. The van der Waals surface area contributed by atoms with Crippen LogP contribution in [0.4, 0.5) is 8.78 Å². The van der Waals surface area contributed by atoms with Crippen LogP contribution in [0.1, 0.15) is 10.4 Å². The number of nitrogens with zero attached hydrogens (tertiary/aromatic N) is 1. The maximum Gasteiger partial charge on any atom is 0.338 e. The molecular formula is C11H7F2NO2. The molecule has 0 aliphatic rings. The van der Waals surface area contributed by atoms with E-state index in [0.717, 1.165) is 6.07 Å². The summed E-state index contributed by atoms with van der Waals surface area (Å²) in [7, 11) is 0. The van der Waals surface area contributed by atoms with Gasteiger partial charge in [0.2, 0.25) is 0 Å². The number of hydrogen-bond donors (Lipinski definition) is 1. The Hall–Kier alpha value is -2.17. The number of aromatic nitrogens is 1. The highest BCUT2D eigenvalue weighted by molar-refractivity contribution is 5.88. The molecule has 2 aromatic rings. The van der Waals surface area contributed by atoms with Crippen LogP contribution in [0.25, 0.3) is 5.69 Å². The van der Waals surface area contributed by atoms with E-state index in [4.69, 9.17) is 5.11 Å². The van der Waals surface area contributed by atoms with Crippen LogP contribution in [0.5, 0.6) is 0 Å². The number of rotatable bonds is 2. The molecule has 16 heavy (non-hydrogen) atoms. The molecule has 0 spiro atoms. The smallest absolute Gasteiger partial charge is 0.338 e. The molecule has 1 heterocycles. The van der Waals surface area contributed by atoms with Crippen molar-refractivity contribution in [2.24, 2.45) is 0 Å². The Kier molecular flexibility index (Phi) is 2.44. The van der Waals surface area contributed by atoms with E-state index in [9.17, 15) is 13.6 Å². The number of carboxylic acids is 1. The summed E-state index contributed by atoms with van der Waals surface area (Å²) in [4.78, 5) is 10.6. The lowest BCUT2D eigenvalue weighted by Crippen LogP contribution is -2.04. The van der Waals surface area contributed by atoms with Crippen molar-refractivity contribution in [2.75, 3.05) is 0 Å². The number of hydrogen-bond acceptors (Lipinski definition) is 1. The summed E-state index contributed by atoms with van der Waals surface area (Å²) in [5, 5.41) is 8.60. The molecule has 0 saturated carbocycles. The lowest BCUT2D eigenvalue weighted by Gasteiger charge is -2.06. The van der Waals surface area contributed by atoms with Gasteiger partial charge in [-0.3, -0.25) is 0 Å². The van der Waals surface area contributed by atoms with E-state index in [1.807, 2.05) is 0 Å². The minimum Gasteiger partial charge on any atom is -0.478 e. The fourth-order valence-corrected chi connectivity index (χ4v) is 1.39. The normalized spacial score (nSPS) is 10.4. The average Bonchev–Trinajstić information content (AvgIpc) is 2.73. The minimum atomic E-state index is -1.49. The highest BCUT2D eigenvalue weighted by atomic mass is 19.1. The van der Waals surface area contributed by atoms with E-state index in [1.54, 1.807) is 12.1 Å². The molecule has 0 bridgehead atoms. The monoisotopic (exact) mass is 223 g/mol. The largest absolute Gasteiger partial charge is 0.478 e. The lowest BCUT2D eigenvalue weighted by molar-refractivity contribution is 0.0691. The third-order valence-corrected chi connectivity index (χ3v) is 2.15. The third-order valence-electron chi connectivity index (χ3n) is 2.15. The Bertz CT molecular complexity index is 535. The van der Waals surface area contributed by atoms with E-state index in [0.29, 0.717) is 6.07 Å². The number of halogens is 2. The van der Waals surface area contributed by atoms with Gasteiger partial charge in [0.1, 0.15) is 11.6 Å². The van der Waals surface area contributed by atoms with Crippen molar-refractivity contribution in [3.05, 3.63) is 53.9 Å². The Balaban J connectivity index is 2.59. The third kappa shape index (κ3) is 1.67. The molecule has 5 heteroatoms. The molecule has 3 nitrogen and oxygen atoms in total. The van der Waals surface area contributed by atoms with Gasteiger partial charge in [0.15, 0.2) is 0 Å². The first kappa shape index (κ1) is 10.4. The fourth-order valence-electron chi connectivity index (χ4n) is 1.39. The van der Waals surface area contributed by atoms with Crippen LogP contribution in [0.3, 0.4) is 0 Å². The molecule has 0 unspecified atom stereocenters. The first-order valence-corrected chi connectivity index (χ1v) is 4.45. The summed E-state index contributed by atoms with van der Waals surface area (Å²) in [6.45, 7) is 0. The Labute approximate surface area is 89.6 Å². The number of aromatic carboxylic acids is 1. The molecule has 1 aromatic heterocycles. The van der Waals surface area contributed by atoms with Gasteiger partial charge in [0.05, 0.1) is 11.3 Å². The second-order valence-corrected chi connectivity index (χ2v) is 3.18. The summed E-state index contributed by atoms with van der Waals surface area (Å²) < 4.78 is 28.2. The Morgan fingerprint density at radius 2 is 1.75 bits per heavy atom. The highest BCUT2D eigenvalue weighted by Gasteiger charge is 2.15. The van der Waals surface area contributed by atoms with Crippen molar-refractivity contribution in [3.8, 4) is 5.69 Å². The van der Waals surface area contributed by atoms with Gasteiger partial charge in [-0.2, -0.15) is 0 Å². The van der Waals surface area contributed by atoms with E-state index in [-0.39, 0.29) is 5.69 Å². The zero-order valence-electron chi connectivity index (χ0n) is 8.02. The first-order valence-electron chi connectivity index (χ1n) is 4.45. The topological polar surface area (TPSA) is 42.2 Å². The number of benzene rings is 1. The van der Waals surface area contributed by atoms with Crippen LogP contribution in [-0.2, 0) is 0 Å². The van der Waals surface area contributed by atoms with E-state index in [2.05, 4.69) is 0 Å².